The van der Waals surface area contributed by atoms with Crippen molar-refractivity contribution in [3.05, 3.63) is 118 Å². The molecule has 254 valence electrons. The van der Waals surface area contributed by atoms with E-state index < -0.39 is 28.5 Å². The van der Waals surface area contributed by atoms with E-state index >= 15 is 0 Å². The van der Waals surface area contributed by atoms with Gasteiger partial charge in [-0.3, -0.25) is 13.9 Å². The number of hydrogen-bond donors (Lipinski definition) is 1. The zero-order chi connectivity index (χ0) is 34.8. The summed E-state index contributed by atoms with van der Waals surface area (Å²) in [6, 6.07) is 25.2. The van der Waals surface area contributed by atoms with Gasteiger partial charge in [-0.05, 0) is 78.9 Å². The first-order valence-corrected chi connectivity index (χ1v) is 17.5. The molecule has 0 fully saturated rings. The minimum Gasteiger partial charge on any atom is -0.493 e. The number of ether oxygens (including phenoxy) is 2. The van der Waals surface area contributed by atoms with Crippen molar-refractivity contribution in [1.29, 1.82) is 0 Å². The molecule has 0 aliphatic heterocycles. The molecule has 0 saturated carbocycles. The van der Waals surface area contributed by atoms with Crippen molar-refractivity contribution in [2.24, 2.45) is 0 Å². The molecule has 0 aliphatic rings. The van der Waals surface area contributed by atoms with Crippen LogP contribution in [-0.4, -0.2) is 58.5 Å². The van der Waals surface area contributed by atoms with Crippen molar-refractivity contribution in [1.82, 2.24) is 10.2 Å². The van der Waals surface area contributed by atoms with E-state index in [4.69, 9.17) is 21.1 Å². The summed E-state index contributed by atoms with van der Waals surface area (Å²) in [5, 5.41) is 3.42. The van der Waals surface area contributed by atoms with Gasteiger partial charge in [0.25, 0.3) is 10.0 Å². The maximum Gasteiger partial charge on any atom is 0.264 e. The summed E-state index contributed by atoms with van der Waals surface area (Å²) in [5.74, 6) is -0.314. The number of nitrogens with zero attached hydrogens (tertiary/aromatic N) is 2. The third-order valence-electron chi connectivity index (χ3n) is 7.78. The number of halogens is 1. The van der Waals surface area contributed by atoms with Crippen molar-refractivity contribution in [3.8, 4) is 11.5 Å². The van der Waals surface area contributed by atoms with E-state index in [0.29, 0.717) is 35.0 Å². The SMILES string of the molecule is CCCNC(=O)C(Cc1ccccc1)N(Cc1cccc(Cl)c1)C(=O)CN(c1cc(C)cc(C)c1)S(=O)(=O)c1ccc(OC)c(OC)c1. The van der Waals surface area contributed by atoms with Crippen LogP contribution in [0.2, 0.25) is 5.02 Å². The largest absolute Gasteiger partial charge is 0.493 e. The minimum atomic E-state index is -4.34. The van der Waals surface area contributed by atoms with Crippen LogP contribution in [0.1, 0.15) is 35.6 Å². The standard InChI is InChI=1S/C37H42ClN3O6S/c1-6-17-39-37(43)33(22-28-11-8-7-9-12-28)40(24-29-13-10-14-30(38)21-29)36(42)25-41(31-19-26(2)18-27(3)20-31)48(44,45)32-15-16-34(46-4)35(23-32)47-5/h7-16,18-21,23,33H,6,17,22,24-25H2,1-5H3,(H,39,43). The van der Waals surface area contributed by atoms with Gasteiger partial charge in [0, 0.05) is 30.6 Å². The lowest BCUT2D eigenvalue weighted by Crippen LogP contribution is -2.53. The predicted molar refractivity (Wildman–Crippen MR) is 189 cm³/mol. The minimum absolute atomic E-state index is 0.0214. The number of carbonyl (C=O) groups excluding carboxylic acids is 2. The molecule has 0 radical (unpaired) electrons. The Balaban J connectivity index is 1.85. The number of hydrogen-bond acceptors (Lipinski definition) is 6. The summed E-state index contributed by atoms with van der Waals surface area (Å²) in [4.78, 5) is 29.8. The Morgan fingerprint density at radius 3 is 2.12 bits per heavy atom. The molecule has 1 unspecified atom stereocenters. The van der Waals surface area contributed by atoms with Gasteiger partial charge in [-0.15, -0.1) is 0 Å². The van der Waals surface area contributed by atoms with Gasteiger partial charge in [0.15, 0.2) is 11.5 Å². The summed E-state index contributed by atoms with van der Waals surface area (Å²) in [5.41, 5.74) is 3.50. The maximum atomic E-state index is 14.7. The van der Waals surface area contributed by atoms with Crippen molar-refractivity contribution in [3.63, 3.8) is 0 Å². The number of aryl methyl sites for hydroxylation is 2. The lowest BCUT2D eigenvalue weighted by atomic mass is 10.0. The molecule has 48 heavy (non-hydrogen) atoms. The van der Waals surface area contributed by atoms with E-state index in [2.05, 4.69) is 5.32 Å². The molecule has 4 rings (SSSR count). The van der Waals surface area contributed by atoms with Crippen LogP contribution in [0.3, 0.4) is 0 Å². The van der Waals surface area contributed by atoms with E-state index in [0.717, 1.165) is 21.0 Å². The second-order valence-corrected chi connectivity index (χ2v) is 13.8. The molecule has 0 heterocycles. The predicted octanol–water partition coefficient (Wildman–Crippen LogP) is 6.34. The highest BCUT2D eigenvalue weighted by Crippen LogP contribution is 2.33. The van der Waals surface area contributed by atoms with Crippen LogP contribution < -0.4 is 19.1 Å². The van der Waals surface area contributed by atoms with E-state index in [1.165, 1.54) is 37.3 Å². The molecule has 0 aromatic heterocycles. The second kappa shape index (κ2) is 16.5. The first-order valence-electron chi connectivity index (χ1n) is 15.7. The maximum absolute atomic E-state index is 14.7. The van der Waals surface area contributed by atoms with Gasteiger partial charge >= 0.3 is 0 Å². The first-order chi connectivity index (χ1) is 23.0. The third kappa shape index (κ3) is 9.08. The average molecular weight is 692 g/mol. The highest BCUT2D eigenvalue weighted by molar-refractivity contribution is 7.92. The van der Waals surface area contributed by atoms with Crippen LogP contribution in [0.5, 0.6) is 11.5 Å². The lowest BCUT2D eigenvalue weighted by molar-refractivity contribution is -0.140. The smallest absolute Gasteiger partial charge is 0.264 e. The summed E-state index contributed by atoms with van der Waals surface area (Å²) >= 11 is 6.33. The van der Waals surface area contributed by atoms with E-state index in [-0.39, 0.29) is 29.5 Å². The van der Waals surface area contributed by atoms with Crippen LogP contribution in [0, 0.1) is 13.8 Å². The molecule has 4 aromatic carbocycles. The Bertz CT molecular complexity index is 1810. The normalized spacial score (nSPS) is 11.8. The molecule has 4 aromatic rings. The molecule has 11 heteroatoms. The zero-order valence-electron chi connectivity index (χ0n) is 27.9. The topological polar surface area (TPSA) is 105 Å². The van der Waals surface area contributed by atoms with Crippen LogP contribution in [0.25, 0.3) is 0 Å². The number of carbonyl (C=O) groups is 2. The number of nitrogens with one attached hydrogen (secondary N) is 1. The fraction of sp³-hybridized carbons (Fsp3) is 0.297. The molecule has 0 aliphatic carbocycles. The summed E-state index contributed by atoms with van der Waals surface area (Å²) in [7, 11) is -1.46. The van der Waals surface area contributed by atoms with Crippen LogP contribution in [-0.2, 0) is 32.6 Å². The van der Waals surface area contributed by atoms with Gasteiger partial charge in [-0.2, -0.15) is 0 Å². The van der Waals surface area contributed by atoms with Gasteiger partial charge in [-0.1, -0.05) is 67.1 Å². The Morgan fingerprint density at radius 1 is 0.833 bits per heavy atom. The second-order valence-electron chi connectivity index (χ2n) is 11.5. The van der Waals surface area contributed by atoms with Gasteiger partial charge < -0.3 is 19.7 Å². The third-order valence-corrected chi connectivity index (χ3v) is 9.78. The fourth-order valence-corrected chi connectivity index (χ4v) is 7.11. The first kappa shape index (κ1) is 36.3. The number of sulfonamides is 1. The molecule has 1 N–H and O–H groups in total. The van der Waals surface area contributed by atoms with Crippen molar-refractivity contribution in [2.75, 3.05) is 31.6 Å². The van der Waals surface area contributed by atoms with Crippen molar-refractivity contribution >= 4 is 39.1 Å². The van der Waals surface area contributed by atoms with Crippen LogP contribution >= 0.6 is 11.6 Å². The Labute approximate surface area is 288 Å². The molecular weight excluding hydrogens is 650 g/mol. The molecule has 0 spiro atoms. The number of rotatable bonds is 15. The molecule has 0 saturated heterocycles. The monoisotopic (exact) mass is 691 g/mol. The number of anilines is 1. The highest BCUT2D eigenvalue weighted by Gasteiger charge is 2.35. The van der Waals surface area contributed by atoms with E-state index in [1.54, 1.807) is 30.3 Å². The fourth-order valence-electron chi connectivity index (χ4n) is 5.48. The van der Waals surface area contributed by atoms with Gasteiger partial charge in [0.2, 0.25) is 11.8 Å². The molecule has 1 atom stereocenters. The van der Waals surface area contributed by atoms with Crippen LogP contribution in [0.15, 0.2) is 95.9 Å². The number of benzene rings is 4. The molecular formula is C37H42ClN3O6S. The molecule has 9 nitrogen and oxygen atoms in total. The summed E-state index contributed by atoms with van der Waals surface area (Å²) in [6.45, 7) is 5.53. The van der Waals surface area contributed by atoms with E-state index in [1.807, 2.05) is 63.2 Å². The number of methoxy groups -OCH3 is 2. The average Bonchev–Trinajstić information content (AvgIpc) is 3.07. The van der Waals surface area contributed by atoms with Crippen molar-refractivity contribution in [2.45, 2.75) is 51.1 Å². The number of amides is 2. The van der Waals surface area contributed by atoms with Gasteiger partial charge in [-0.25, -0.2) is 8.42 Å². The Kier molecular flexibility index (Phi) is 12.5. The van der Waals surface area contributed by atoms with Crippen molar-refractivity contribution < 1.29 is 27.5 Å². The quantitative estimate of drug-likeness (QED) is 0.156. The summed E-state index contributed by atoms with van der Waals surface area (Å²) < 4.78 is 40.8. The molecule has 0 bridgehead atoms. The van der Waals surface area contributed by atoms with Gasteiger partial charge in [0.1, 0.15) is 12.6 Å². The summed E-state index contributed by atoms with van der Waals surface area (Å²) in [6.07, 6.45) is 0.921. The molecule has 2 amide bonds. The Hall–Kier alpha value is -4.54. The Morgan fingerprint density at radius 2 is 1.50 bits per heavy atom. The lowest BCUT2D eigenvalue weighted by Gasteiger charge is -2.34. The van der Waals surface area contributed by atoms with Crippen LogP contribution in [0.4, 0.5) is 5.69 Å². The van der Waals surface area contributed by atoms with Gasteiger partial charge in [0.05, 0.1) is 24.8 Å². The van der Waals surface area contributed by atoms with E-state index in [9.17, 15) is 18.0 Å². The zero-order valence-corrected chi connectivity index (χ0v) is 29.5. The highest BCUT2D eigenvalue weighted by atomic mass is 35.5.